The number of ether oxygens (including phenoxy) is 1. The Hall–Kier alpha value is -3.46. The van der Waals surface area contributed by atoms with E-state index < -0.39 is 27.6 Å². The predicted molar refractivity (Wildman–Crippen MR) is 109 cm³/mol. The van der Waals surface area contributed by atoms with Crippen LogP contribution < -0.4 is 14.8 Å². The summed E-state index contributed by atoms with van der Waals surface area (Å²) < 4.78 is 59.4. The van der Waals surface area contributed by atoms with Crippen molar-refractivity contribution >= 4 is 27.3 Å². The van der Waals surface area contributed by atoms with Gasteiger partial charge in [-0.05, 0) is 61.5 Å². The fraction of sp³-hybridized carbons (Fsp3) is 0.0952. The first-order chi connectivity index (χ1) is 14.3. The Morgan fingerprint density at radius 3 is 2.30 bits per heavy atom. The molecule has 0 aliphatic rings. The number of amides is 1. The number of anilines is 2. The van der Waals surface area contributed by atoms with Gasteiger partial charge in [0.2, 0.25) is 0 Å². The van der Waals surface area contributed by atoms with Crippen molar-refractivity contribution in [3.63, 3.8) is 0 Å². The molecule has 2 N–H and O–H groups in total. The van der Waals surface area contributed by atoms with Crippen LogP contribution in [0.15, 0.2) is 71.6 Å². The summed E-state index contributed by atoms with van der Waals surface area (Å²) in [5.41, 5.74) is 0.407. The van der Waals surface area contributed by atoms with Gasteiger partial charge in [-0.1, -0.05) is 6.07 Å². The third-order valence-corrected chi connectivity index (χ3v) is 5.38. The first kappa shape index (κ1) is 21.3. The van der Waals surface area contributed by atoms with E-state index in [1.54, 1.807) is 24.3 Å². The molecule has 0 spiro atoms. The Morgan fingerprint density at radius 2 is 1.63 bits per heavy atom. The second-order valence-electron chi connectivity index (χ2n) is 6.17. The molecule has 0 saturated carbocycles. The summed E-state index contributed by atoms with van der Waals surface area (Å²) in [5, 5.41) is 2.40. The number of rotatable bonds is 7. The summed E-state index contributed by atoms with van der Waals surface area (Å²) >= 11 is 0. The summed E-state index contributed by atoms with van der Waals surface area (Å²) in [6, 6.07) is 14.6. The van der Waals surface area contributed by atoms with Crippen LogP contribution >= 0.6 is 0 Å². The van der Waals surface area contributed by atoms with E-state index in [9.17, 15) is 22.0 Å². The van der Waals surface area contributed by atoms with Gasteiger partial charge < -0.3 is 10.1 Å². The maximum atomic E-state index is 13.3. The highest BCUT2D eigenvalue weighted by Gasteiger charge is 2.17. The molecule has 0 bridgehead atoms. The van der Waals surface area contributed by atoms with Gasteiger partial charge in [-0.2, -0.15) is 0 Å². The standard InChI is InChI=1S/C21H18F2N2O4S/c1-2-29-17-9-6-15(7-10-17)25-30(27,28)18-5-3-4-14(12-18)21(26)24-16-8-11-19(22)20(23)13-16/h3-13,25H,2H2,1H3,(H,24,26). The minimum atomic E-state index is -3.96. The van der Waals surface area contributed by atoms with Crippen LogP contribution in [-0.4, -0.2) is 20.9 Å². The minimum Gasteiger partial charge on any atom is -0.494 e. The zero-order valence-corrected chi connectivity index (χ0v) is 16.7. The van der Waals surface area contributed by atoms with Crippen LogP contribution in [0, 0.1) is 11.6 Å². The number of hydrogen-bond acceptors (Lipinski definition) is 4. The van der Waals surface area contributed by atoms with Gasteiger partial charge in [0.1, 0.15) is 5.75 Å². The Kier molecular flexibility index (Phi) is 6.31. The highest BCUT2D eigenvalue weighted by atomic mass is 32.2. The van der Waals surface area contributed by atoms with Crippen LogP contribution in [-0.2, 0) is 10.0 Å². The third-order valence-electron chi connectivity index (χ3n) is 4.00. The first-order valence-electron chi connectivity index (χ1n) is 8.90. The maximum absolute atomic E-state index is 13.3. The van der Waals surface area contributed by atoms with Crippen molar-refractivity contribution in [3.8, 4) is 5.75 Å². The molecule has 6 nitrogen and oxygen atoms in total. The van der Waals surface area contributed by atoms with Gasteiger partial charge in [0.15, 0.2) is 11.6 Å². The fourth-order valence-corrected chi connectivity index (χ4v) is 3.69. The lowest BCUT2D eigenvalue weighted by molar-refractivity contribution is 0.102. The average Bonchev–Trinajstić information content (AvgIpc) is 2.72. The Morgan fingerprint density at radius 1 is 0.933 bits per heavy atom. The summed E-state index contributed by atoms with van der Waals surface area (Å²) in [6.45, 7) is 2.33. The monoisotopic (exact) mass is 432 g/mol. The van der Waals surface area contributed by atoms with Crippen molar-refractivity contribution in [2.24, 2.45) is 0 Å². The zero-order chi connectivity index (χ0) is 21.7. The van der Waals surface area contributed by atoms with Crippen LogP contribution in [0.4, 0.5) is 20.2 Å². The van der Waals surface area contributed by atoms with Crippen molar-refractivity contribution in [1.82, 2.24) is 0 Å². The average molecular weight is 432 g/mol. The van der Waals surface area contributed by atoms with Crippen molar-refractivity contribution in [3.05, 3.63) is 83.9 Å². The quantitative estimate of drug-likeness (QED) is 0.579. The third kappa shape index (κ3) is 5.12. The lowest BCUT2D eigenvalue weighted by atomic mass is 10.2. The van der Waals surface area contributed by atoms with E-state index in [1.807, 2.05) is 6.92 Å². The van der Waals surface area contributed by atoms with Crippen molar-refractivity contribution < 1.29 is 26.7 Å². The Balaban J connectivity index is 1.77. The molecular weight excluding hydrogens is 414 g/mol. The van der Waals surface area contributed by atoms with E-state index in [1.165, 1.54) is 30.3 Å². The van der Waals surface area contributed by atoms with E-state index in [-0.39, 0.29) is 16.1 Å². The Labute approximate surface area is 172 Å². The molecule has 0 saturated heterocycles. The second-order valence-corrected chi connectivity index (χ2v) is 7.86. The molecule has 0 aliphatic carbocycles. The van der Waals surface area contributed by atoms with Crippen LogP contribution in [0.2, 0.25) is 0 Å². The number of carbonyl (C=O) groups is 1. The molecule has 0 heterocycles. The highest BCUT2D eigenvalue weighted by molar-refractivity contribution is 7.92. The SMILES string of the molecule is CCOc1ccc(NS(=O)(=O)c2cccc(C(=O)Nc3ccc(F)c(F)c3)c2)cc1. The zero-order valence-electron chi connectivity index (χ0n) is 15.9. The number of halogens is 2. The van der Waals surface area contributed by atoms with Crippen molar-refractivity contribution in [1.29, 1.82) is 0 Å². The lowest BCUT2D eigenvalue weighted by Crippen LogP contribution is -2.16. The molecule has 0 aliphatic heterocycles. The molecule has 9 heteroatoms. The largest absolute Gasteiger partial charge is 0.494 e. The molecule has 3 aromatic rings. The van der Waals surface area contributed by atoms with Crippen molar-refractivity contribution in [2.45, 2.75) is 11.8 Å². The van der Waals surface area contributed by atoms with E-state index in [2.05, 4.69) is 10.0 Å². The van der Waals surface area contributed by atoms with Crippen molar-refractivity contribution in [2.75, 3.05) is 16.6 Å². The number of benzene rings is 3. The van der Waals surface area contributed by atoms with Crippen LogP contribution in [0.5, 0.6) is 5.75 Å². The minimum absolute atomic E-state index is 0.0364. The molecule has 0 aromatic heterocycles. The molecule has 0 fully saturated rings. The van der Waals surface area contributed by atoms with Gasteiger partial charge in [0, 0.05) is 23.0 Å². The normalized spacial score (nSPS) is 11.0. The molecule has 0 radical (unpaired) electrons. The molecule has 30 heavy (non-hydrogen) atoms. The lowest BCUT2D eigenvalue weighted by Gasteiger charge is -2.11. The fourth-order valence-electron chi connectivity index (χ4n) is 2.58. The summed E-state index contributed by atoms with van der Waals surface area (Å²) in [4.78, 5) is 12.3. The van der Waals surface area contributed by atoms with Crippen LogP contribution in [0.3, 0.4) is 0 Å². The van der Waals surface area contributed by atoms with E-state index >= 15 is 0 Å². The van der Waals surface area contributed by atoms with Crippen LogP contribution in [0.1, 0.15) is 17.3 Å². The van der Waals surface area contributed by atoms with E-state index in [0.717, 1.165) is 12.1 Å². The number of nitrogens with one attached hydrogen (secondary N) is 2. The summed E-state index contributed by atoms with van der Waals surface area (Å²) in [6.07, 6.45) is 0. The molecule has 3 rings (SSSR count). The van der Waals surface area contributed by atoms with Gasteiger partial charge in [0.05, 0.1) is 11.5 Å². The van der Waals surface area contributed by atoms with Gasteiger partial charge in [-0.3, -0.25) is 9.52 Å². The molecule has 0 unspecified atom stereocenters. The highest BCUT2D eigenvalue weighted by Crippen LogP contribution is 2.21. The second kappa shape index (κ2) is 8.91. The van der Waals surface area contributed by atoms with E-state index in [4.69, 9.17) is 4.74 Å². The van der Waals surface area contributed by atoms with E-state index in [0.29, 0.717) is 18.0 Å². The van der Waals surface area contributed by atoms with Gasteiger partial charge in [-0.25, -0.2) is 17.2 Å². The smallest absolute Gasteiger partial charge is 0.261 e. The van der Waals surface area contributed by atoms with Gasteiger partial charge in [0.25, 0.3) is 15.9 Å². The topological polar surface area (TPSA) is 84.5 Å². The van der Waals surface area contributed by atoms with Crippen LogP contribution in [0.25, 0.3) is 0 Å². The first-order valence-corrected chi connectivity index (χ1v) is 10.4. The predicted octanol–water partition coefficient (Wildman–Crippen LogP) is 4.42. The maximum Gasteiger partial charge on any atom is 0.261 e. The van der Waals surface area contributed by atoms with Gasteiger partial charge in [-0.15, -0.1) is 0 Å². The number of hydrogen-bond donors (Lipinski definition) is 2. The molecule has 0 atom stereocenters. The summed E-state index contributed by atoms with van der Waals surface area (Å²) in [5.74, 6) is -2.21. The molecule has 1 amide bonds. The molecule has 156 valence electrons. The molecule has 3 aromatic carbocycles. The summed E-state index contributed by atoms with van der Waals surface area (Å²) in [7, 11) is -3.96. The van der Waals surface area contributed by atoms with Gasteiger partial charge >= 0.3 is 0 Å². The number of sulfonamides is 1. The Bertz CT molecular complexity index is 1170. The molecular formula is C21H18F2N2O4S. The number of carbonyl (C=O) groups excluding carboxylic acids is 1.